The summed E-state index contributed by atoms with van der Waals surface area (Å²) in [7, 11) is -1.93. The van der Waals surface area contributed by atoms with E-state index in [-0.39, 0.29) is 6.04 Å². The van der Waals surface area contributed by atoms with E-state index in [4.69, 9.17) is 5.11 Å². The predicted octanol–water partition coefficient (Wildman–Crippen LogP) is 0.806. The van der Waals surface area contributed by atoms with Gasteiger partial charge in [0.15, 0.2) is 0 Å². The van der Waals surface area contributed by atoms with E-state index in [0.717, 1.165) is 12.8 Å². The van der Waals surface area contributed by atoms with Crippen molar-refractivity contribution in [2.24, 2.45) is 5.92 Å². The van der Waals surface area contributed by atoms with Crippen molar-refractivity contribution in [1.29, 1.82) is 0 Å². The van der Waals surface area contributed by atoms with E-state index in [2.05, 4.69) is 4.72 Å². The Kier molecular flexibility index (Phi) is 5.55. The van der Waals surface area contributed by atoms with E-state index in [1.54, 1.807) is 7.05 Å². The molecule has 18 heavy (non-hydrogen) atoms. The Morgan fingerprint density at radius 2 is 2.11 bits per heavy atom. The Bertz CT molecular complexity index is 383. The number of carboxylic acids is 1. The van der Waals surface area contributed by atoms with Crippen molar-refractivity contribution in [3.05, 3.63) is 0 Å². The van der Waals surface area contributed by atoms with Gasteiger partial charge in [-0.3, -0.25) is 4.79 Å². The minimum Gasteiger partial charge on any atom is -0.481 e. The molecule has 0 spiro atoms. The van der Waals surface area contributed by atoms with Crippen molar-refractivity contribution in [1.82, 2.24) is 9.03 Å². The van der Waals surface area contributed by atoms with Crippen molar-refractivity contribution in [2.75, 3.05) is 13.6 Å². The third-order valence-electron chi connectivity index (χ3n) is 3.33. The van der Waals surface area contributed by atoms with Crippen LogP contribution >= 0.6 is 0 Å². The van der Waals surface area contributed by atoms with Gasteiger partial charge in [-0.05, 0) is 25.7 Å². The summed E-state index contributed by atoms with van der Waals surface area (Å²) in [5.41, 5.74) is 0. The Hall–Kier alpha value is -0.660. The number of nitrogens with zero attached hydrogens (tertiary/aromatic N) is 1. The number of hydrogen-bond acceptors (Lipinski definition) is 3. The molecule has 2 unspecified atom stereocenters. The van der Waals surface area contributed by atoms with Crippen LogP contribution in [0.5, 0.6) is 0 Å². The summed E-state index contributed by atoms with van der Waals surface area (Å²) in [6.07, 6.45) is 3.28. The van der Waals surface area contributed by atoms with Crippen LogP contribution in [0.15, 0.2) is 0 Å². The number of aliphatic carboxylic acids is 1. The third-order valence-corrected chi connectivity index (χ3v) is 4.97. The number of rotatable bonds is 7. The maximum Gasteiger partial charge on any atom is 0.306 e. The molecular formula is C11H22N2O4S. The van der Waals surface area contributed by atoms with E-state index in [1.165, 1.54) is 4.31 Å². The second-order valence-corrected chi connectivity index (χ2v) is 6.65. The molecule has 0 aliphatic heterocycles. The van der Waals surface area contributed by atoms with Crippen LogP contribution in [0, 0.1) is 5.92 Å². The minimum atomic E-state index is -3.47. The van der Waals surface area contributed by atoms with Crippen LogP contribution in [0.25, 0.3) is 0 Å². The van der Waals surface area contributed by atoms with E-state index in [9.17, 15) is 13.2 Å². The fourth-order valence-corrected chi connectivity index (χ4v) is 3.30. The largest absolute Gasteiger partial charge is 0.481 e. The molecule has 0 bridgehead atoms. The fraction of sp³-hybridized carbons (Fsp3) is 0.909. The van der Waals surface area contributed by atoms with Crippen molar-refractivity contribution >= 4 is 16.2 Å². The molecule has 106 valence electrons. The lowest BCUT2D eigenvalue weighted by Gasteiger charge is -2.20. The van der Waals surface area contributed by atoms with Crippen molar-refractivity contribution in [3.8, 4) is 0 Å². The molecule has 1 rings (SSSR count). The summed E-state index contributed by atoms with van der Waals surface area (Å²) in [5.74, 6) is -1.25. The van der Waals surface area contributed by atoms with Crippen LogP contribution in [0.4, 0.5) is 0 Å². The molecule has 6 nitrogen and oxygen atoms in total. The van der Waals surface area contributed by atoms with Gasteiger partial charge in [-0.15, -0.1) is 0 Å². The molecule has 1 aliphatic carbocycles. The van der Waals surface area contributed by atoms with Gasteiger partial charge in [0.05, 0.1) is 5.92 Å². The highest BCUT2D eigenvalue weighted by Crippen LogP contribution is 2.26. The second-order valence-electron chi connectivity index (χ2n) is 4.84. The Morgan fingerprint density at radius 1 is 1.44 bits per heavy atom. The summed E-state index contributed by atoms with van der Waals surface area (Å²) in [6, 6.07) is -0.250. The first-order chi connectivity index (χ1) is 8.36. The Balaban J connectivity index is 2.49. The van der Waals surface area contributed by atoms with Crippen LogP contribution in [0.3, 0.4) is 0 Å². The number of nitrogens with one attached hydrogen (secondary N) is 1. The Labute approximate surface area is 109 Å². The van der Waals surface area contributed by atoms with Crippen LogP contribution in [0.2, 0.25) is 0 Å². The quantitative estimate of drug-likeness (QED) is 0.721. The first kappa shape index (κ1) is 15.4. The maximum absolute atomic E-state index is 11.9. The number of carboxylic acid groups (broad SMARTS) is 1. The summed E-state index contributed by atoms with van der Waals surface area (Å²) >= 11 is 0. The van der Waals surface area contributed by atoms with Gasteiger partial charge in [0, 0.05) is 19.6 Å². The van der Waals surface area contributed by atoms with Gasteiger partial charge in [0.25, 0.3) is 10.2 Å². The molecule has 1 aliphatic rings. The van der Waals surface area contributed by atoms with Gasteiger partial charge in [-0.1, -0.05) is 13.3 Å². The zero-order valence-corrected chi connectivity index (χ0v) is 11.7. The second kappa shape index (κ2) is 6.49. The predicted molar refractivity (Wildman–Crippen MR) is 68.4 cm³/mol. The highest BCUT2D eigenvalue weighted by Gasteiger charge is 2.32. The van der Waals surface area contributed by atoms with Gasteiger partial charge in [0.1, 0.15) is 0 Å². The van der Waals surface area contributed by atoms with E-state index >= 15 is 0 Å². The van der Waals surface area contributed by atoms with Crippen molar-refractivity contribution in [3.63, 3.8) is 0 Å². The summed E-state index contributed by atoms with van der Waals surface area (Å²) in [4.78, 5) is 10.8. The van der Waals surface area contributed by atoms with E-state index in [1.807, 2.05) is 6.92 Å². The summed E-state index contributed by atoms with van der Waals surface area (Å²) < 4.78 is 27.8. The number of hydrogen-bond donors (Lipinski definition) is 2. The first-order valence-corrected chi connectivity index (χ1v) is 7.77. The molecule has 0 aromatic carbocycles. The van der Waals surface area contributed by atoms with Gasteiger partial charge in [-0.25, -0.2) is 0 Å². The van der Waals surface area contributed by atoms with Gasteiger partial charge in [0.2, 0.25) is 0 Å². The van der Waals surface area contributed by atoms with Crippen molar-refractivity contribution < 1.29 is 18.3 Å². The van der Waals surface area contributed by atoms with Crippen LogP contribution in [-0.2, 0) is 15.0 Å². The third kappa shape index (κ3) is 4.22. The molecule has 0 heterocycles. The monoisotopic (exact) mass is 278 g/mol. The minimum absolute atomic E-state index is 0.250. The molecule has 0 amide bonds. The highest BCUT2D eigenvalue weighted by atomic mass is 32.2. The Morgan fingerprint density at radius 3 is 2.61 bits per heavy atom. The molecule has 7 heteroatoms. The zero-order chi connectivity index (χ0) is 13.8. The summed E-state index contributed by atoms with van der Waals surface area (Å²) in [6.45, 7) is 2.49. The molecule has 1 fully saturated rings. The number of unbranched alkanes of at least 4 members (excludes halogenated alkanes) is 1. The molecule has 0 aromatic heterocycles. The molecule has 2 atom stereocenters. The highest BCUT2D eigenvalue weighted by molar-refractivity contribution is 7.87. The molecular weight excluding hydrogens is 256 g/mol. The topological polar surface area (TPSA) is 86.7 Å². The smallest absolute Gasteiger partial charge is 0.306 e. The molecule has 2 N–H and O–H groups in total. The zero-order valence-electron chi connectivity index (χ0n) is 10.9. The van der Waals surface area contributed by atoms with Gasteiger partial charge in [-0.2, -0.15) is 17.4 Å². The molecule has 1 saturated carbocycles. The van der Waals surface area contributed by atoms with Crippen LogP contribution in [-0.4, -0.2) is 43.4 Å². The molecule has 0 aromatic rings. The van der Waals surface area contributed by atoms with Crippen LogP contribution in [0.1, 0.15) is 39.0 Å². The fourth-order valence-electron chi connectivity index (χ4n) is 2.11. The lowest BCUT2D eigenvalue weighted by Crippen LogP contribution is -2.43. The van der Waals surface area contributed by atoms with E-state index < -0.39 is 22.1 Å². The lowest BCUT2D eigenvalue weighted by molar-refractivity contribution is -0.141. The average molecular weight is 278 g/mol. The standard InChI is InChI=1S/C11H22N2O4S/c1-3-4-7-13(2)18(16,17)12-10-6-5-9(8-10)11(14)15/h9-10,12H,3-8H2,1-2H3,(H,14,15). The van der Waals surface area contributed by atoms with Crippen molar-refractivity contribution in [2.45, 2.75) is 45.1 Å². The molecule has 0 saturated heterocycles. The van der Waals surface area contributed by atoms with Gasteiger partial charge < -0.3 is 5.11 Å². The average Bonchev–Trinajstić information content (AvgIpc) is 2.73. The normalized spacial score (nSPS) is 24.6. The number of carbonyl (C=O) groups is 1. The SMILES string of the molecule is CCCCN(C)S(=O)(=O)NC1CCC(C(=O)O)C1. The summed E-state index contributed by atoms with van der Waals surface area (Å²) in [5, 5.41) is 8.87. The van der Waals surface area contributed by atoms with Crippen LogP contribution < -0.4 is 4.72 Å². The first-order valence-electron chi connectivity index (χ1n) is 6.33. The lowest BCUT2D eigenvalue weighted by atomic mass is 10.1. The van der Waals surface area contributed by atoms with E-state index in [0.29, 0.717) is 25.8 Å². The van der Waals surface area contributed by atoms with Gasteiger partial charge >= 0.3 is 5.97 Å². The maximum atomic E-state index is 11.9. The molecule has 0 radical (unpaired) electrons.